The highest BCUT2D eigenvalue weighted by Gasteiger charge is 2.23. The molecule has 28 heavy (non-hydrogen) atoms. The molecular formula is C20H30N4O4. The molecule has 2 rings (SSSR count). The molecule has 1 atom stereocenters. The van der Waals surface area contributed by atoms with Gasteiger partial charge in [0.05, 0.1) is 13.2 Å². The maximum Gasteiger partial charge on any atom is 0.257 e. The van der Waals surface area contributed by atoms with Gasteiger partial charge in [0, 0.05) is 18.5 Å². The van der Waals surface area contributed by atoms with Crippen LogP contribution in [0.15, 0.2) is 22.7 Å². The number of benzene rings is 1. The zero-order valence-corrected chi connectivity index (χ0v) is 17.5. The number of rotatable bonds is 9. The second-order valence-electron chi connectivity index (χ2n) is 7.54. The molecule has 0 saturated carbocycles. The lowest BCUT2D eigenvalue weighted by Crippen LogP contribution is -2.28. The van der Waals surface area contributed by atoms with Gasteiger partial charge in [0.2, 0.25) is 5.89 Å². The van der Waals surface area contributed by atoms with E-state index in [1.54, 1.807) is 13.2 Å². The van der Waals surface area contributed by atoms with E-state index in [0.717, 1.165) is 5.56 Å². The number of nitrogens with one attached hydrogen (secondary N) is 2. The van der Waals surface area contributed by atoms with E-state index in [4.69, 9.17) is 14.0 Å². The lowest BCUT2D eigenvalue weighted by atomic mass is 9.96. The Kier molecular flexibility index (Phi) is 7.39. The molecule has 154 valence electrons. The summed E-state index contributed by atoms with van der Waals surface area (Å²) in [7, 11) is 1.57. The van der Waals surface area contributed by atoms with Crippen LogP contribution < -0.4 is 20.1 Å². The normalized spacial score (nSPS) is 12.5. The van der Waals surface area contributed by atoms with Crippen LogP contribution in [-0.2, 0) is 16.8 Å². The van der Waals surface area contributed by atoms with Crippen molar-refractivity contribution in [3.63, 3.8) is 0 Å². The van der Waals surface area contributed by atoms with E-state index in [1.807, 2.05) is 46.8 Å². The molecule has 8 heteroatoms. The minimum Gasteiger partial charge on any atom is -0.493 e. The molecule has 0 aliphatic rings. The highest BCUT2D eigenvalue weighted by Crippen LogP contribution is 2.28. The molecule has 1 heterocycles. The van der Waals surface area contributed by atoms with Gasteiger partial charge < -0.3 is 24.6 Å². The van der Waals surface area contributed by atoms with Crippen LogP contribution in [0.1, 0.15) is 57.9 Å². The molecule has 0 aliphatic carbocycles. The Bertz CT molecular complexity index is 783. The Balaban J connectivity index is 1.96. The first-order valence-corrected chi connectivity index (χ1v) is 9.38. The van der Waals surface area contributed by atoms with Gasteiger partial charge >= 0.3 is 0 Å². The second kappa shape index (κ2) is 9.54. The standard InChI is InChI=1S/C20H30N4O4/c1-7-21-17(25)12-27-15-9-8-14(10-16(15)26-6)11-22-13(2)18-23-19(24-28-18)20(3,4)5/h8-10,13,22H,7,11-12H2,1-6H3,(H,21,25). The van der Waals surface area contributed by atoms with Crippen LogP contribution in [0.4, 0.5) is 0 Å². The fourth-order valence-corrected chi connectivity index (χ4v) is 2.41. The SMILES string of the molecule is CCNC(=O)COc1ccc(CNC(C)c2nc(C(C)(C)C)no2)cc1OC. The number of likely N-dealkylation sites (N-methyl/N-ethyl adjacent to an activating group) is 1. The third-order valence-electron chi connectivity index (χ3n) is 4.06. The smallest absolute Gasteiger partial charge is 0.257 e. The molecule has 1 aromatic carbocycles. The summed E-state index contributed by atoms with van der Waals surface area (Å²) in [6.45, 7) is 11.1. The minimum absolute atomic E-state index is 0.0495. The molecule has 0 radical (unpaired) electrons. The molecule has 0 bridgehead atoms. The highest BCUT2D eigenvalue weighted by molar-refractivity contribution is 5.77. The predicted octanol–water partition coefficient (Wildman–Crippen LogP) is 2.74. The van der Waals surface area contributed by atoms with E-state index < -0.39 is 0 Å². The Hall–Kier alpha value is -2.61. The van der Waals surface area contributed by atoms with Crippen LogP contribution in [0.25, 0.3) is 0 Å². The lowest BCUT2D eigenvalue weighted by Gasteiger charge is -2.14. The number of carbonyl (C=O) groups excluding carboxylic acids is 1. The summed E-state index contributed by atoms with van der Waals surface area (Å²) in [4.78, 5) is 16.0. The van der Waals surface area contributed by atoms with Gasteiger partial charge in [-0.1, -0.05) is 32.0 Å². The molecular weight excluding hydrogens is 360 g/mol. The Labute approximate surface area is 166 Å². The van der Waals surface area contributed by atoms with Crippen molar-refractivity contribution < 1.29 is 18.8 Å². The number of hydrogen-bond acceptors (Lipinski definition) is 7. The predicted molar refractivity (Wildman–Crippen MR) is 105 cm³/mol. The number of carbonyl (C=O) groups is 1. The van der Waals surface area contributed by atoms with Crippen LogP contribution in [0.3, 0.4) is 0 Å². The number of ether oxygens (including phenoxy) is 2. The summed E-state index contributed by atoms with van der Waals surface area (Å²) in [5.41, 5.74) is 0.850. The van der Waals surface area contributed by atoms with Gasteiger partial charge in [-0.2, -0.15) is 4.98 Å². The third-order valence-corrected chi connectivity index (χ3v) is 4.06. The van der Waals surface area contributed by atoms with E-state index in [2.05, 4.69) is 20.8 Å². The quantitative estimate of drug-likeness (QED) is 0.679. The number of methoxy groups -OCH3 is 1. The van der Waals surface area contributed by atoms with Gasteiger partial charge in [-0.05, 0) is 31.5 Å². The number of nitrogens with zero attached hydrogens (tertiary/aromatic N) is 2. The fraction of sp³-hybridized carbons (Fsp3) is 0.550. The van der Waals surface area contributed by atoms with E-state index in [-0.39, 0.29) is 24.0 Å². The lowest BCUT2D eigenvalue weighted by molar-refractivity contribution is -0.123. The average Bonchev–Trinajstić information content (AvgIpc) is 3.15. The molecule has 2 N–H and O–H groups in total. The molecule has 0 saturated heterocycles. The van der Waals surface area contributed by atoms with Gasteiger partial charge in [-0.25, -0.2) is 0 Å². The molecule has 1 amide bonds. The van der Waals surface area contributed by atoms with Crippen LogP contribution in [0, 0.1) is 0 Å². The van der Waals surface area contributed by atoms with Crippen LogP contribution in [-0.4, -0.2) is 36.3 Å². The molecule has 0 spiro atoms. The van der Waals surface area contributed by atoms with Gasteiger partial charge in [0.25, 0.3) is 5.91 Å². The van der Waals surface area contributed by atoms with Gasteiger partial charge in [-0.3, -0.25) is 4.79 Å². The molecule has 0 aliphatic heterocycles. The van der Waals surface area contributed by atoms with Crippen molar-refractivity contribution in [2.45, 2.75) is 52.6 Å². The van der Waals surface area contributed by atoms with E-state index >= 15 is 0 Å². The van der Waals surface area contributed by atoms with Crippen molar-refractivity contribution in [3.05, 3.63) is 35.5 Å². The monoisotopic (exact) mass is 390 g/mol. The number of amides is 1. The van der Waals surface area contributed by atoms with Crippen LogP contribution in [0.5, 0.6) is 11.5 Å². The maximum atomic E-state index is 11.6. The van der Waals surface area contributed by atoms with Crippen molar-refractivity contribution in [3.8, 4) is 11.5 Å². The Morgan fingerprint density at radius 2 is 2.04 bits per heavy atom. The van der Waals surface area contributed by atoms with Gasteiger partial charge in [0.15, 0.2) is 23.9 Å². The summed E-state index contributed by atoms with van der Waals surface area (Å²) < 4.78 is 16.3. The van der Waals surface area contributed by atoms with Crippen molar-refractivity contribution in [2.24, 2.45) is 0 Å². The summed E-state index contributed by atoms with van der Waals surface area (Å²) in [6.07, 6.45) is 0. The number of hydrogen-bond donors (Lipinski definition) is 2. The minimum atomic E-state index is -0.168. The Morgan fingerprint density at radius 3 is 2.64 bits per heavy atom. The number of aromatic nitrogens is 2. The Morgan fingerprint density at radius 1 is 1.29 bits per heavy atom. The van der Waals surface area contributed by atoms with Gasteiger partial charge in [-0.15, -0.1) is 0 Å². The first-order valence-electron chi connectivity index (χ1n) is 9.38. The first-order chi connectivity index (χ1) is 13.2. The second-order valence-corrected chi connectivity index (χ2v) is 7.54. The van der Waals surface area contributed by atoms with Crippen molar-refractivity contribution in [1.82, 2.24) is 20.8 Å². The molecule has 1 aromatic heterocycles. The summed E-state index contributed by atoms with van der Waals surface area (Å²) in [6, 6.07) is 5.50. The van der Waals surface area contributed by atoms with Gasteiger partial charge in [0.1, 0.15) is 0 Å². The molecule has 0 fully saturated rings. The van der Waals surface area contributed by atoms with E-state index in [9.17, 15) is 4.79 Å². The summed E-state index contributed by atoms with van der Waals surface area (Å²) in [5, 5.41) is 10.1. The first kappa shape index (κ1) is 21.7. The van der Waals surface area contributed by atoms with E-state index in [1.165, 1.54) is 0 Å². The summed E-state index contributed by atoms with van der Waals surface area (Å²) in [5.74, 6) is 2.17. The van der Waals surface area contributed by atoms with Crippen molar-refractivity contribution in [1.29, 1.82) is 0 Å². The van der Waals surface area contributed by atoms with Crippen molar-refractivity contribution >= 4 is 5.91 Å². The molecule has 2 aromatic rings. The molecule has 1 unspecified atom stereocenters. The summed E-state index contributed by atoms with van der Waals surface area (Å²) >= 11 is 0. The largest absolute Gasteiger partial charge is 0.493 e. The maximum absolute atomic E-state index is 11.6. The van der Waals surface area contributed by atoms with Crippen molar-refractivity contribution in [2.75, 3.05) is 20.3 Å². The fourth-order valence-electron chi connectivity index (χ4n) is 2.41. The average molecular weight is 390 g/mol. The van der Waals surface area contributed by atoms with Crippen LogP contribution >= 0.6 is 0 Å². The molecule has 8 nitrogen and oxygen atoms in total. The highest BCUT2D eigenvalue weighted by atomic mass is 16.5. The zero-order valence-electron chi connectivity index (χ0n) is 17.5. The van der Waals surface area contributed by atoms with E-state index in [0.29, 0.717) is 36.3 Å². The topological polar surface area (TPSA) is 98.5 Å². The third kappa shape index (κ3) is 5.95. The zero-order chi connectivity index (χ0) is 20.7. The van der Waals surface area contributed by atoms with Crippen LogP contribution in [0.2, 0.25) is 0 Å².